The third-order valence-corrected chi connectivity index (χ3v) is 4.44. The molecular formula is C16H10Cl2F2N2O3. The van der Waals surface area contributed by atoms with Crippen LogP contribution in [0.4, 0.5) is 14.5 Å². The first-order valence-corrected chi connectivity index (χ1v) is 7.98. The number of nitrogens with zero attached hydrogens (tertiary/aromatic N) is 1. The van der Waals surface area contributed by atoms with Crippen molar-refractivity contribution in [2.75, 3.05) is 5.32 Å². The van der Waals surface area contributed by atoms with Gasteiger partial charge in [-0.3, -0.25) is 14.4 Å². The van der Waals surface area contributed by atoms with Gasteiger partial charge in [0.1, 0.15) is 5.69 Å². The van der Waals surface area contributed by atoms with Gasteiger partial charge < -0.3 is 9.88 Å². The van der Waals surface area contributed by atoms with Crippen LogP contribution in [0.5, 0.6) is 0 Å². The molecule has 1 amide bonds. The maximum atomic E-state index is 13.3. The number of benzene rings is 1. The van der Waals surface area contributed by atoms with Crippen LogP contribution >= 0.6 is 23.2 Å². The van der Waals surface area contributed by atoms with E-state index >= 15 is 0 Å². The van der Waals surface area contributed by atoms with Gasteiger partial charge in [0.25, 0.3) is 16.9 Å². The molecule has 3 rings (SSSR count). The number of halogens is 4. The van der Waals surface area contributed by atoms with Gasteiger partial charge >= 0.3 is 0 Å². The van der Waals surface area contributed by atoms with E-state index in [0.717, 1.165) is 12.1 Å². The molecule has 1 aliphatic heterocycles. The first-order valence-electron chi connectivity index (χ1n) is 7.22. The Morgan fingerprint density at radius 1 is 1.16 bits per heavy atom. The lowest BCUT2D eigenvalue weighted by Crippen LogP contribution is -2.14. The molecule has 0 fully saturated rings. The SMILES string of the molecule is O=C(Cl)C(=O)c1c(Cl)c(C(=O)Nc2ccc(F)c(F)c2)c2n1CCC2. The average molecular weight is 387 g/mol. The van der Waals surface area contributed by atoms with E-state index in [4.69, 9.17) is 23.2 Å². The third kappa shape index (κ3) is 3.05. The molecule has 0 saturated carbocycles. The zero-order valence-corrected chi connectivity index (χ0v) is 14.0. The molecule has 5 nitrogen and oxygen atoms in total. The van der Waals surface area contributed by atoms with Crippen LogP contribution in [0, 0.1) is 11.6 Å². The standard InChI is InChI=1S/C16H10Cl2F2N2O3/c17-12-11(16(25)21-7-3-4-8(19)9(20)6-7)10-2-1-5-22(10)13(12)14(23)15(18)24/h3-4,6H,1-2,5H2,(H,21,25). The highest BCUT2D eigenvalue weighted by molar-refractivity contribution is 6.83. The molecule has 9 heteroatoms. The van der Waals surface area contributed by atoms with Crippen LogP contribution in [0.1, 0.15) is 33.0 Å². The maximum absolute atomic E-state index is 13.3. The summed E-state index contributed by atoms with van der Waals surface area (Å²) in [6.45, 7) is 0.415. The van der Waals surface area contributed by atoms with E-state index < -0.39 is 28.6 Å². The Bertz CT molecular complexity index is 925. The first-order chi connectivity index (χ1) is 11.8. The average Bonchev–Trinajstić information content (AvgIpc) is 3.09. The van der Waals surface area contributed by atoms with Crippen molar-refractivity contribution in [3.8, 4) is 0 Å². The van der Waals surface area contributed by atoms with E-state index in [2.05, 4.69) is 5.32 Å². The summed E-state index contributed by atoms with van der Waals surface area (Å²) in [7, 11) is 0. The second kappa shape index (κ2) is 6.57. The van der Waals surface area contributed by atoms with Gasteiger partial charge in [-0.05, 0) is 36.6 Å². The Balaban J connectivity index is 2.01. The number of ketones is 1. The lowest BCUT2D eigenvalue weighted by molar-refractivity contribution is -0.108. The number of aromatic nitrogens is 1. The Morgan fingerprint density at radius 2 is 1.88 bits per heavy atom. The highest BCUT2D eigenvalue weighted by atomic mass is 35.5. The molecule has 0 radical (unpaired) electrons. The molecule has 0 bridgehead atoms. The number of rotatable bonds is 4. The van der Waals surface area contributed by atoms with Crippen molar-refractivity contribution < 1.29 is 23.2 Å². The fourth-order valence-corrected chi connectivity index (χ4v) is 3.33. The lowest BCUT2D eigenvalue weighted by Gasteiger charge is -2.06. The monoisotopic (exact) mass is 386 g/mol. The molecule has 1 aromatic carbocycles. The maximum Gasteiger partial charge on any atom is 0.294 e. The van der Waals surface area contributed by atoms with Crippen LogP contribution in [0.2, 0.25) is 5.02 Å². The van der Waals surface area contributed by atoms with Gasteiger partial charge in [0, 0.05) is 24.0 Å². The zero-order valence-electron chi connectivity index (χ0n) is 12.5. The fraction of sp³-hybridized carbons (Fsp3) is 0.188. The number of hydrogen-bond donors (Lipinski definition) is 1. The Kier molecular flexibility index (Phi) is 4.62. The molecule has 2 heterocycles. The largest absolute Gasteiger partial charge is 0.340 e. The van der Waals surface area contributed by atoms with E-state index in [1.807, 2.05) is 0 Å². The van der Waals surface area contributed by atoms with E-state index in [-0.39, 0.29) is 22.0 Å². The Hall–Kier alpha value is -2.25. The van der Waals surface area contributed by atoms with Crippen LogP contribution in [0.25, 0.3) is 0 Å². The number of amides is 1. The predicted octanol–water partition coefficient (Wildman–Crippen LogP) is 3.57. The molecule has 25 heavy (non-hydrogen) atoms. The predicted molar refractivity (Wildman–Crippen MR) is 87.3 cm³/mol. The number of Topliss-reactive ketones (excluding diaryl/α,β-unsaturated/α-hetero) is 1. The molecule has 0 saturated heterocycles. The van der Waals surface area contributed by atoms with Gasteiger partial charge in [0.05, 0.1) is 10.6 Å². The third-order valence-electron chi connectivity index (χ3n) is 3.91. The van der Waals surface area contributed by atoms with Crippen molar-refractivity contribution in [3.63, 3.8) is 0 Å². The molecule has 0 spiro atoms. The molecule has 0 unspecified atom stereocenters. The number of nitrogens with one attached hydrogen (secondary N) is 1. The Labute approximate surface area is 150 Å². The summed E-state index contributed by atoms with van der Waals surface area (Å²) in [4.78, 5) is 35.7. The summed E-state index contributed by atoms with van der Waals surface area (Å²) < 4.78 is 27.7. The van der Waals surface area contributed by atoms with Crippen molar-refractivity contribution >= 4 is 45.8 Å². The normalized spacial score (nSPS) is 12.8. The lowest BCUT2D eigenvalue weighted by atomic mass is 10.1. The summed E-state index contributed by atoms with van der Waals surface area (Å²) in [6.07, 6.45) is 1.14. The molecular weight excluding hydrogens is 377 g/mol. The van der Waals surface area contributed by atoms with Gasteiger partial charge in [0.15, 0.2) is 11.6 Å². The van der Waals surface area contributed by atoms with Crippen molar-refractivity contribution in [2.45, 2.75) is 19.4 Å². The van der Waals surface area contributed by atoms with E-state index in [0.29, 0.717) is 25.1 Å². The molecule has 0 atom stereocenters. The smallest absolute Gasteiger partial charge is 0.294 e. The summed E-state index contributed by atoms with van der Waals surface area (Å²) in [5.74, 6) is -3.85. The van der Waals surface area contributed by atoms with Gasteiger partial charge in [-0.15, -0.1) is 0 Å². The molecule has 1 aliphatic rings. The Morgan fingerprint density at radius 3 is 2.52 bits per heavy atom. The second-order valence-corrected chi connectivity index (χ2v) is 6.15. The molecule has 130 valence electrons. The van der Waals surface area contributed by atoms with E-state index in [9.17, 15) is 23.2 Å². The molecule has 1 aromatic heterocycles. The number of fused-ring (bicyclic) bond motifs is 1. The summed E-state index contributed by atoms with van der Waals surface area (Å²) in [5, 5.41) is 1.01. The number of hydrogen-bond acceptors (Lipinski definition) is 3. The van der Waals surface area contributed by atoms with Crippen LogP contribution in [-0.2, 0) is 17.8 Å². The van der Waals surface area contributed by atoms with E-state index in [1.54, 1.807) is 0 Å². The minimum absolute atomic E-state index is 0.0187. The minimum Gasteiger partial charge on any atom is -0.340 e. The van der Waals surface area contributed by atoms with Gasteiger partial charge in [-0.1, -0.05) is 11.6 Å². The van der Waals surface area contributed by atoms with Crippen molar-refractivity contribution in [1.82, 2.24) is 4.57 Å². The van der Waals surface area contributed by atoms with E-state index in [1.165, 1.54) is 10.6 Å². The van der Waals surface area contributed by atoms with Crippen molar-refractivity contribution in [3.05, 3.63) is 51.8 Å². The number of carbonyl (C=O) groups excluding carboxylic acids is 3. The highest BCUT2D eigenvalue weighted by Gasteiger charge is 2.33. The number of carbonyl (C=O) groups is 3. The first kappa shape index (κ1) is 17.6. The van der Waals surface area contributed by atoms with Crippen LogP contribution < -0.4 is 5.32 Å². The van der Waals surface area contributed by atoms with Crippen LogP contribution in [0.15, 0.2) is 18.2 Å². The highest BCUT2D eigenvalue weighted by Crippen LogP contribution is 2.34. The number of anilines is 1. The van der Waals surface area contributed by atoms with Gasteiger partial charge in [0.2, 0.25) is 0 Å². The van der Waals surface area contributed by atoms with Crippen LogP contribution in [0.3, 0.4) is 0 Å². The summed E-state index contributed by atoms with van der Waals surface area (Å²) in [6, 6.07) is 2.89. The zero-order chi connectivity index (χ0) is 18.3. The summed E-state index contributed by atoms with van der Waals surface area (Å²) in [5.41, 5.74) is 0.403. The quantitative estimate of drug-likeness (QED) is 0.496. The molecule has 0 aliphatic carbocycles. The topological polar surface area (TPSA) is 68.2 Å². The van der Waals surface area contributed by atoms with Crippen molar-refractivity contribution in [2.24, 2.45) is 0 Å². The van der Waals surface area contributed by atoms with Gasteiger partial charge in [-0.25, -0.2) is 8.78 Å². The minimum atomic E-state index is -1.21. The summed E-state index contributed by atoms with van der Waals surface area (Å²) >= 11 is 11.4. The van der Waals surface area contributed by atoms with Crippen LogP contribution in [-0.4, -0.2) is 21.5 Å². The second-order valence-electron chi connectivity index (χ2n) is 5.43. The molecule has 2 aromatic rings. The van der Waals surface area contributed by atoms with Crippen molar-refractivity contribution in [1.29, 1.82) is 0 Å². The van der Waals surface area contributed by atoms with Gasteiger partial charge in [-0.2, -0.15) is 0 Å². The fourth-order valence-electron chi connectivity index (χ4n) is 2.86. The molecule has 1 N–H and O–H groups in total.